The van der Waals surface area contributed by atoms with Crippen LogP contribution in [0, 0.1) is 0 Å². The molecule has 0 aromatic rings. The van der Waals surface area contributed by atoms with Gasteiger partial charge in [0.2, 0.25) is 0 Å². The lowest BCUT2D eigenvalue weighted by molar-refractivity contribution is 0.499. The van der Waals surface area contributed by atoms with Crippen molar-refractivity contribution in [3.05, 3.63) is 0 Å². The van der Waals surface area contributed by atoms with Gasteiger partial charge in [-0.2, -0.15) is 11.8 Å². The van der Waals surface area contributed by atoms with E-state index in [0.717, 1.165) is 6.42 Å². The van der Waals surface area contributed by atoms with Crippen LogP contribution >= 0.6 is 11.8 Å². The molecule has 0 saturated carbocycles. The van der Waals surface area contributed by atoms with Crippen LogP contribution in [0.5, 0.6) is 0 Å². The SMILES string of the molecule is CCC[C@@H](N)C(C)(C)SC. The average molecular weight is 161 g/mol. The maximum absolute atomic E-state index is 5.95. The van der Waals surface area contributed by atoms with E-state index in [1.165, 1.54) is 6.42 Å². The zero-order chi connectivity index (χ0) is 8.20. The Hall–Kier alpha value is 0.310. The Labute approximate surface area is 68.8 Å². The van der Waals surface area contributed by atoms with Gasteiger partial charge in [-0.25, -0.2) is 0 Å². The molecule has 0 aromatic heterocycles. The highest BCUT2D eigenvalue weighted by Gasteiger charge is 2.23. The summed E-state index contributed by atoms with van der Waals surface area (Å²) in [5, 5.41) is 0. The Morgan fingerprint density at radius 2 is 2.00 bits per heavy atom. The van der Waals surface area contributed by atoms with Crippen molar-refractivity contribution in [3.63, 3.8) is 0 Å². The van der Waals surface area contributed by atoms with Gasteiger partial charge in [0.25, 0.3) is 0 Å². The van der Waals surface area contributed by atoms with Crippen LogP contribution in [0.3, 0.4) is 0 Å². The van der Waals surface area contributed by atoms with Crippen LogP contribution in [-0.4, -0.2) is 17.0 Å². The molecule has 0 unspecified atom stereocenters. The maximum atomic E-state index is 5.95. The molecule has 0 heterocycles. The predicted octanol–water partition coefficient (Wildman–Crippen LogP) is 2.26. The highest BCUT2D eigenvalue weighted by Crippen LogP contribution is 2.26. The molecule has 0 aliphatic heterocycles. The highest BCUT2D eigenvalue weighted by atomic mass is 32.2. The molecule has 1 nitrogen and oxygen atoms in total. The van der Waals surface area contributed by atoms with Gasteiger partial charge in [0, 0.05) is 10.8 Å². The predicted molar refractivity (Wildman–Crippen MR) is 50.5 cm³/mol. The van der Waals surface area contributed by atoms with E-state index in [9.17, 15) is 0 Å². The molecular formula is C8H19NS. The maximum Gasteiger partial charge on any atom is 0.0251 e. The normalized spacial score (nSPS) is 15.3. The summed E-state index contributed by atoms with van der Waals surface area (Å²) in [4.78, 5) is 0. The minimum atomic E-state index is 0.246. The first-order valence-corrected chi connectivity index (χ1v) is 5.07. The van der Waals surface area contributed by atoms with Crippen LogP contribution in [-0.2, 0) is 0 Å². The minimum absolute atomic E-state index is 0.246. The molecule has 0 aliphatic rings. The van der Waals surface area contributed by atoms with Gasteiger partial charge in [-0.15, -0.1) is 0 Å². The monoisotopic (exact) mass is 161 g/mol. The van der Waals surface area contributed by atoms with Crippen LogP contribution in [0.15, 0.2) is 0 Å². The van der Waals surface area contributed by atoms with Gasteiger partial charge in [0.15, 0.2) is 0 Å². The van der Waals surface area contributed by atoms with E-state index in [-0.39, 0.29) is 4.75 Å². The largest absolute Gasteiger partial charge is 0.326 e. The van der Waals surface area contributed by atoms with E-state index in [4.69, 9.17) is 5.73 Å². The second kappa shape index (κ2) is 4.24. The van der Waals surface area contributed by atoms with Crippen molar-refractivity contribution < 1.29 is 0 Å². The summed E-state index contributed by atoms with van der Waals surface area (Å²) in [6.07, 6.45) is 4.44. The van der Waals surface area contributed by atoms with Crippen molar-refractivity contribution >= 4 is 11.8 Å². The molecule has 0 spiro atoms. The molecule has 0 aliphatic carbocycles. The quantitative estimate of drug-likeness (QED) is 0.684. The standard InChI is InChI=1S/C8H19NS/c1-5-6-7(9)8(2,3)10-4/h7H,5-6,9H2,1-4H3/t7-/m1/s1. The highest BCUT2D eigenvalue weighted by molar-refractivity contribution is 8.00. The van der Waals surface area contributed by atoms with Gasteiger partial charge in [-0.3, -0.25) is 0 Å². The molecule has 0 amide bonds. The van der Waals surface area contributed by atoms with Crippen LogP contribution in [0.25, 0.3) is 0 Å². The fourth-order valence-corrected chi connectivity index (χ4v) is 1.23. The molecule has 0 fully saturated rings. The molecule has 2 N–H and O–H groups in total. The van der Waals surface area contributed by atoms with Crippen molar-refractivity contribution in [2.75, 3.05) is 6.26 Å². The number of hydrogen-bond donors (Lipinski definition) is 1. The second-order valence-electron chi connectivity index (χ2n) is 3.20. The van der Waals surface area contributed by atoms with E-state index in [0.29, 0.717) is 6.04 Å². The summed E-state index contributed by atoms with van der Waals surface area (Å²) in [6.45, 7) is 6.59. The summed E-state index contributed by atoms with van der Waals surface area (Å²) in [5.41, 5.74) is 5.95. The lowest BCUT2D eigenvalue weighted by Crippen LogP contribution is -2.40. The van der Waals surface area contributed by atoms with E-state index in [2.05, 4.69) is 27.0 Å². The Morgan fingerprint density at radius 3 is 2.30 bits per heavy atom. The third-order valence-electron chi connectivity index (χ3n) is 2.02. The van der Waals surface area contributed by atoms with Crippen LogP contribution < -0.4 is 5.73 Å². The zero-order valence-electron chi connectivity index (χ0n) is 7.48. The summed E-state index contributed by atoms with van der Waals surface area (Å²) < 4.78 is 0.246. The van der Waals surface area contributed by atoms with Gasteiger partial charge in [0.1, 0.15) is 0 Å². The third-order valence-corrected chi connectivity index (χ3v) is 3.37. The second-order valence-corrected chi connectivity index (χ2v) is 4.66. The molecule has 0 saturated heterocycles. The molecule has 0 bridgehead atoms. The molecule has 0 rings (SSSR count). The van der Waals surface area contributed by atoms with E-state index in [1.54, 1.807) is 0 Å². The van der Waals surface area contributed by atoms with Crippen molar-refractivity contribution in [1.82, 2.24) is 0 Å². The van der Waals surface area contributed by atoms with Gasteiger partial charge < -0.3 is 5.73 Å². The van der Waals surface area contributed by atoms with E-state index < -0.39 is 0 Å². The van der Waals surface area contributed by atoms with Gasteiger partial charge in [0.05, 0.1) is 0 Å². The molecule has 10 heavy (non-hydrogen) atoms. The first-order chi connectivity index (χ1) is 4.54. The lowest BCUT2D eigenvalue weighted by Gasteiger charge is -2.29. The first-order valence-electron chi connectivity index (χ1n) is 3.85. The Bertz CT molecular complexity index is 91.3. The average Bonchev–Trinajstić information content (AvgIpc) is 1.89. The summed E-state index contributed by atoms with van der Waals surface area (Å²) in [7, 11) is 0. The van der Waals surface area contributed by atoms with Crippen molar-refractivity contribution in [1.29, 1.82) is 0 Å². The fourth-order valence-electron chi connectivity index (χ4n) is 0.810. The van der Waals surface area contributed by atoms with E-state index in [1.807, 2.05) is 11.8 Å². The minimum Gasteiger partial charge on any atom is -0.326 e. The number of hydrogen-bond acceptors (Lipinski definition) is 2. The number of rotatable bonds is 4. The smallest absolute Gasteiger partial charge is 0.0251 e. The first kappa shape index (κ1) is 10.3. The van der Waals surface area contributed by atoms with Gasteiger partial charge >= 0.3 is 0 Å². The Balaban J connectivity index is 3.78. The summed E-state index contributed by atoms with van der Waals surface area (Å²) in [5.74, 6) is 0. The molecule has 0 radical (unpaired) electrons. The molecule has 1 atom stereocenters. The van der Waals surface area contributed by atoms with Crippen molar-refractivity contribution in [2.24, 2.45) is 5.73 Å². The molecule has 62 valence electrons. The van der Waals surface area contributed by atoms with Crippen LogP contribution in [0.2, 0.25) is 0 Å². The lowest BCUT2D eigenvalue weighted by atomic mass is 10.00. The molecular weight excluding hydrogens is 142 g/mol. The molecule has 0 aromatic carbocycles. The topological polar surface area (TPSA) is 26.0 Å². The van der Waals surface area contributed by atoms with Crippen LogP contribution in [0.4, 0.5) is 0 Å². The number of nitrogens with two attached hydrogens (primary N) is 1. The Morgan fingerprint density at radius 1 is 1.50 bits per heavy atom. The van der Waals surface area contributed by atoms with Crippen molar-refractivity contribution in [3.8, 4) is 0 Å². The fraction of sp³-hybridized carbons (Fsp3) is 1.00. The van der Waals surface area contributed by atoms with Crippen LogP contribution in [0.1, 0.15) is 33.6 Å². The zero-order valence-corrected chi connectivity index (χ0v) is 8.29. The van der Waals surface area contributed by atoms with Crippen molar-refractivity contribution in [2.45, 2.75) is 44.4 Å². The van der Waals surface area contributed by atoms with E-state index >= 15 is 0 Å². The van der Waals surface area contributed by atoms with Gasteiger partial charge in [-0.1, -0.05) is 13.3 Å². The van der Waals surface area contributed by atoms with Gasteiger partial charge in [-0.05, 0) is 26.5 Å². The summed E-state index contributed by atoms with van der Waals surface area (Å²) in [6, 6.07) is 0.340. The summed E-state index contributed by atoms with van der Waals surface area (Å²) >= 11 is 1.85. The third kappa shape index (κ3) is 2.93. The molecule has 2 heteroatoms. The number of thioether (sulfide) groups is 1. The Kier molecular flexibility index (Phi) is 4.37.